The minimum atomic E-state index is -0.231. The van der Waals surface area contributed by atoms with E-state index in [2.05, 4.69) is 31.4 Å². The second kappa shape index (κ2) is 8.93. The van der Waals surface area contributed by atoms with Crippen molar-refractivity contribution in [2.24, 2.45) is 0 Å². The molecule has 0 fully saturated rings. The van der Waals surface area contributed by atoms with Gasteiger partial charge in [-0.1, -0.05) is 28.1 Å². The molecule has 7 heteroatoms. The maximum Gasteiger partial charge on any atom is 0.256 e. The summed E-state index contributed by atoms with van der Waals surface area (Å²) < 4.78 is 12.2. The Labute approximate surface area is 172 Å². The van der Waals surface area contributed by atoms with Crippen molar-refractivity contribution in [2.45, 2.75) is 20.8 Å². The molecule has 1 amide bonds. The molecule has 0 bridgehead atoms. The first kappa shape index (κ1) is 19.9. The molecule has 0 spiro atoms. The maximum absolute atomic E-state index is 12.6. The number of hydrogen-bond acceptors (Lipinski definition) is 4. The Bertz CT molecular complexity index is 985. The van der Waals surface area contributed by atoms with Crippen molar-refractivity contribution >= 4 is 27.7 Å². The Kier molecular flexibility index (Phi) is 6.36. The van der Waals surface area contributed by atoms with Crippen molar-refractivity contribution in [3.63, 3.8) is 0 Å². The lowest BCUT2D eigenvalue weighted by molar-refractivity contribution is 0.102. The zero-order valence-corrected chi connectivity index (χ0v) is 17.6. The number of aryl methyl sites for hydroxylation is 1. The molecule has 0 atom stereocenters. The van der Waals surface area contributed by atoms with E-state index in [0.717, 1.165) is 21.3 Å². The molecule has 3 aromatic rings. The van der Waals surface area contributed by atoms with E-state index in [1.807, 2.05) is 51.1 Å². The van der Waals surface area contributed by atoms with Gasteiger partial charge < -0.3 is 14.8 Å². The number of ether oxygens (including phenoxy) is 2. The number of benzene rings is 2. The Hall–Kier alpha value is -2.80. The molecule has 6 nitrogen and oxygen atoms in total. The molecule has 2 N–H and O–H groups in total. The topological polar surface area (TPSA) is 76.2 Å². The van der Waals surface area contributed by atoms with Gasteiger partial charge in [0.1, 0.15) is 0 Å². The highest BCUT2D eigenvalue weighted by Gasteiger charge is 2.18. The summed E-state index contributed by atoms with van der Waals surface area (Å²) >= 11 is 3.39. The predicted octanol–water partition coefficient (Wildman–Crippen LogP) is 5.20. The van der Waals surface area contributed by atoms with E-state index in [-0.39, 0.29) is 5.91 Å². The number of anilines is 1. The predicted molar refractivity (Wildman–Crippen MR) is 113 cm³/mol. The fraction of sp³-hybridized carbons (Fsp3) is 0.238. The highest BCUT2D eigenvalue weighted by Crippen LogP contribution is 2.36. The highest BCUT2D eigenvalue weighted by atomic mass is 79.9. The summed E-state index contributed by atoms with van der Waals surface area (Å²) in [7, 11) is 0. The Morgan fingerprint density at radius 3 is 2.57 bits per heavy atom. The van der Waals surface area contributed by atoms with Gasteiger partial charge in [0.15, 0.2) is 17.3 Å². The van der Waals surface area contributed by atoms with Gasteiger partial charge in [0.2, 0.25) is 0 Å². The molecule has 0 aliphatic rings. The van der Waals surface area contributed by atoms with Gasteiger partial charge in [-0.15, -0.1) is 0 Å². The number of carbonyl (C=O) groups excluding carboxylic acids is 1. The largest absolute Gasteiger partial charge is 0.490 e. The molecule has 146 valence electrons. The number of aromatic amines is 1. The average Bonchev–Trinajstić information content (AvgIpc) is 3.03. The van der Waals surface area contributed by atoms with E-state index in [1.165, 1.54) is 0 Å². The number of nitrogens with zero attached hydrogens (tertiary/aromatic N) is 1. The summed E-state index contributed by atoms with van der Waals surface area (Å²) in [6, 6.07) is 12.9. The average molecular weight is 444 g/mol. The van der Waals surface area contributed by atoms with Crippen LogP contribution in [0.15, 0.2) is 46.9 Å². The number of rotatable bonds is 7. The highest BCUT2D eigenvalue weighted by molar-refractivity contribution is 9.10. The number of carbonyl (C=O) groups is 1. The van der Waals surface area contributed by atoms with Crippen molar-refractivity contribution < 1.29 is 14.3 Å². The first-order valence-electron chi connectivity index (χ1n) is 9.05. The van der Waals surface area contributed by atoms with Gasteiger partial charge in [-0.3, -0.25) is 9.89 Å². The third kappa shape index (κ3) is 4.36. The van der Waals surface area contributed by atoms with Crippen LogP contribution in [0.2, 0.25) is 0 Å². The van der Waals surface area contributed by atoms with Crippen LogP contribution in [-0.4, -0.2) is 29.3 Å². The normalized spacial score (nSPS) is 10.6. The van der Waals surface area contributed by atoms with Crippen molar-refractivity contribution in [3.05, 3.63) is 58.2 Å². The maximum atomic E-state index is 12.6. The van der Waals surface area contributed by atoms with Gasteiger partial charge in [0.25, 0.3) is 5.91 Å². The summed E-state index contributed by atoms with van der Waals surface area (Å²) in [5, 5.41) is 10.1. The van der Waals surface area contributed by atoms with Gasteiger partial charge in [0, 0.05) is 21.3 Å². The molecule has 28 heavy (non-hydrogen) atoms. The number of hydrogen-bond donors (Lipinski definition) is 2. The van der Waals surface area contributed by atoms with E-state index in [4.69, 9.17) is 9.47 Å². The SMILES string of the molecule is CCOc1ccc(-c2c(NC(=O)c3cccc(Br)c3)n[nH]c2C)cc1OCC. The summed E-state index contributed by atoms with van der Waals surface area (Å²) in [4.78, 5) is 12.6. The van der Waals surface area contributed by atoms with Crippen molar-refractivity contribution in [1.29, 1.82) is 0 Å². The lowest BCUT2D eigenvalue weighted by atomic mass is 10.0. The number of halogens is 1. The smallest absolute Gasteiger partial charge is 0.256 e. The molecule has 3 rings (SSSR count). The summed E-state index contributed by atoms with van der Waals surface area (Å²) in [6.45, 7) is 6.85. The van der Waals surface area contributed by atoms with Crippen LogP contribution in [0.3, 0.4) is 0 Å². The molecule has 1 aromatic heterocycles. The Morgan fingerprint density at radius 1 is 1.11 bits per heavy atom. The van der Waals surface area contributed by atoms with E-state index in [0.29, 0.717) is 36.1 Å². The molecule has 1 heterocycles. The molecule has 0 radical (unpaired) electrons. The molecule has 0 unspecified atom stereocenters. The second-order valence-electron chi connectivity index (χ2n) is 6.06. The van der Waals surface area contributed by atoms with Crippen molar-refractivity contribution in [2.75, 3.05) is 18.5 Å². The number of aromatic nitrogens is 2. The van der Waals surface area contributed by atoms with Crippen LogP contribution in [0.5, 0.6) is 11.5 Å². The van der Waals surface area contributed by atoms with Gasteiger partial charge in [0.05, 0.1) is 13.2 Å². The first-order chi connectivity index (χ1) is 13.5. The monoisotopic (exact) mass is 443 g/mol. The van der Waals surface area contributed by atoms with Crippen LogP contribution >= 0.6 is 15.9 Å². The number of H-pyrrole nitrogens is 1. The standard InChI is InChI=1S/C21H22BrN3O3/c1-4-27-17-10-9-14(12-18(17)28-5-2)19-13(3)24-25-20(19)23-21(26)15-7-6-8-16(22)11-15/h6-12H,4-5H2,1-3H3,(H2,23,24,25,26). The van der Waals surface area contributed by atoms with Gasteiger partial charge in [-0.2, -0.15) is 5.10 Å². The molecular weight excluding hydrogens is 422 g/mol. The molecule has 0 aliphatic carbocycles. The summed E-state index contributed by atoms with van der Waals surface area (Å²) in [6.07, 6.45) is 0. The van der Waals surface area contributed by atoms with Crippen LogP contribution in [0.1, 0.15) is 29.9 Å². The van der Waals surface area contributed by atoms with Crippen LogP contribution in [0.4, 0.5) is 5.82 Å². The van der Waals surface area contributed by atoms with Crippen LogP contribution in [0.25, 0.3) is 11.1 Å². The minimum Gasteiger partial charge on any atom is -0.490 e. The van der Waals surface area contributed by atoms with Crippen LogP contribution in [0, 0.1) is 6.92 Å². The molecule has 0 saturated heterocycles. The fourth-order valence-corrected chi connectivity index (χ4v) is 3.29. The summed E-state index contributed by atoms with van der Waals surface area (Å²) in [5.41, 5.74) is 3.08. The van der Waals surface area contributed by atoms with E-state index >= 15 is 0 Å². The van der Waals surface area contributed by atoms with E-state index in [1.54, 1.807) is 12.1 Å². The fourth-order valence-electron chi connectivity index (χ4n) is 2.89. The van der Waals surface area contributed by atoms with E-state index in [9.17, 15) is 4.79 Å². The molecular formula is C21H22BrN3O3. The van der Waals surface area contributed by atoms with Crippen LogP contribution < -0.4 is 14.8 Å². The second-order valence-corrected chi connectivity index (χ2v) is 6.98. The quantitative estimate of drug-likeness (QED) is 0.526. The molecule has 0 saturated carbocycles. The first-order valence-corrected chi connectivity index (χ1v) is 9.84. The lowest BCUT2D eigenvalue weighted by Gasteiger charge is -2.13. The van der Waals surface area contributed by atoms with Crippen molar-refractivity contribution in [1.82, 2.24) is 10.2 Å². The van der Waals surface area contributed by atoms with Gasteiger partial charge >= 0.3 is 0 Å². The van der Waals surface area contributed by atoms with Crippen LogP contribution in [-0.2, 0) is 0 Å². The summed E-state index contributed by atoms with van der Waals surface area (Å²) in [5.74, 6) is 1.58. The zero-order chi connectivity index (χ0) is 20.1. The van der Waals surface area contributed by atoms with Gasteiger partial charge in [-0.05, 0) is 56.7 Å². The zero-order valence-electron chi connectivity index (χ0n) is 16.0. The van der Waals surface area contributed by atoms with Crippen molar-refractivity contribution in [3.8, 4) is 22.6 Å². The molecule has 0 aliphatic heterocycles. The third-order valence-electron chi connectivity index (χ3n) is 4.10. The Balaban J connectivity index is 1.94. The van der Waals surface area contributed by atoms with Gasteiger partial charge in [-0.25, -0.2) is 0 Å². The lowest BCUT2D eigenvalue weighted by Crippen LogP contribution is -2.12. The van der Waals surface area contributed by atoms with E-state index < -0.39 is 0 Å². The Morgan fingerprint density at radius 2 is 1.86 bits per heavy atom. The third-order valence-corrected chi connectivity index (χ3v) is 4.59. The number of amides is 1. The molecule has 2 aromatic carbocycles. The number of nitrogens with one attached hydrogen (secondary N) is 2. The minimum absolute atomic E-state index is 0.231.